The van der Waals surface area contributed by atoms with Gasteiger partial charge in [0.2, 0.25) is 0 Å². The van der Waals surface area contributed by atoms with Gasteiger partial charge in [0, 0.05) is 16.6 Å². The van der Waals surface area contributed by atoms with Crippen molar-refractivity contribution >= 4 is 37.6 Å². The number of halogens is 1. The summed E-state index contributed by atoms with van der Waals surface area (Å²) in [6, 6.07) is 15.0. The first-order valence-corrected chi connectivity index (χ1v) is 7.12. The van der Waals surface area contributed by atoms with Crippen LogP contribution in [0.3, 0.4) is 0 Å². The minimum Gasteiger partial charge on any atom is -0.465 e. The summed E-state index contributed by atoms with van der Waals surface area (Å²) in [5.74, 6) is -0.489. The zero-order chi connectivity index (χ0) is 16.1. The van der Waals surface area contributed by atoms with E-state index in [4.69, 9.17) is 4.74 Å². The number of benzene rings is 2. The van der Waals surface area contributed by atoms with Gasteiger partial charge < -0.3 is 4.74 Å². The highest BCUT2D eigenvalue weighted by atomic mass is 79.9. The number of hydrogen-bond donors (Lipinski definition) is 0. The van der Waals surface area contributed by atoms with Gasteiger partial charge in [0.25, 0.3) is 5.69 Å². The fraction of sp³-hybridized carbons (Fsp3) is 0.0625. The summed E-state index contributed by atoms with van der Waals surface area (Å²) in [6.07, 6.45) is 0. The average molecular weight is 362 g/mol. The molecule has 0 saturated heterocycles. The van der Waals surface area contributed by atoms with Crippen LogP contribution in [0.15, 0.2) is 54.6 Å². The predicted molar refractivity (Wildman–Crippen MR) is 87.3 cm³/mol. The van der Waals surface area contributed by atoms with E-state index < -0.39 is 10.9 Å². The van der Waals surface area contributed by atoms with Crippen molar-refractivity contribution in [3.8, 4) is 0 Å². The van der Waals surface area contributed by atoms with E-state index in [9.17, 15) is 14.9 Å². The van der Waals surface area contributed by atoms with Crippen molar-refractivity contribution in [2.24, 2.45) is 0 Å². The molecule has 2 aromatic rings. The molecule has 0 bridgehead atoms. The molecule has 112 valence electrons. The Kier molecular flexibility index (Phi) is 5.06. The highest BCUT2D eigenvalue weighted by Gasteiger charge is 2.18. The van der Waals surface area contributed by atoms with Crippen LogP contribution in [-0.2, 0) is 9.53 Å². The van der Waals surface area contributed by atoms with E-state index in [0.29, 0.717) is 21.2 Å². The number of methoxy groups -OCH3 is 1. The Balaban J connectivity index is 2.54. The number of ether oxygens (including phenoxy) is 1. The normalized spacial score (nSPS) is 11.5. The molecule has 22 heavy (non-hydrogen) atoms. The van der Waals surface area contributed by atoms with Gasteiger partial charge in [-0.2, -0.15) is 0 Å². The summed E-state index contributed by atoms with van der Waals surface area (Å²) >= 11 is 3.40. The number of carbonyl (C=O) groups is 1. The molecule has 0 heterocycles. The largest absolute Gasteiger partial charge is 0.465 e. The number of carbonyl (C=O) groups excluding carboxylic acids is 1. The maximum absolute atomic E-state index is 12.1. The minimum absolute atomic E-state index is 0.0108. The van der Waals surface area contributed by atoms with E-state index in [-0.39, 0.29) is 5.69 Å². The molecule has 0 aliphatic rings. The molecule has 0 amide bonds. The molecule has 0 fully saturated rings. The van der Waals surface area contributed by atoms with Crippen molar-refractivity contribution in [2.75, 3.05) is 7.11 Å². The first-order chi connectivity index (χ1) is 10.5. The molecule has 5 nitrogen and oxygen atoms in total. The third-order valence-corrected chi connectivity index (χ3v) is 3.86. The number of non-ortho nitro benzene ring substituents is 1. The van der Waals surface area contributed by atoms with E-state index in [2.05, 4.69) is 15.9 Å². The van der Waals surface area contributed by atoms with E-state index in [1.165, 1.54) is 19.2 Å². The molecule has 0 aliphatic heterocycles. The highest BCUT2D eigenvalue weighted by Crippen LogP contribution is 2.32. The standard InChI is InChI=1S/C16H12BrNO4/c1-22-16(19)14(11-5-3-2-4-6-11)15(17)12-7-9-13(10-8-12)18(20)21/h2-10H,1H3/b15-14+. The number of rotatable bonds is 4. The zero-order valence-corrected chi connectivity index (χ0v) is 13.2. The number of nitro benzene ring substituents is 1. The average Bonchev–Trinajstić information content (AvgIpc) is 2.55. The lowest BCUT2D eigenvalue weighted by molar-refractivity contribution is -0.384. The van der Waals surface area contributed by atoms with Gasteiger partial charge in [0.05, 0.1) is 17.6 Å². The Bertz CT molecular complexity index is 724. The number of nitro groups is 1. The van der Waals surface area contributed by atoms with Gasteiger partial charge in [-0.15, -0.1) is 0 Å². The van der Waals surface area contributed by atoms with Crippen LogP contribution in [-0.4, -0.2) is 18.0 Å². The van der Waals surface area contributed by atoms with Crippen molar-refractivity contribution in [3.63, 3.8) is 0 Å². The second kappa shape index (κ2) is 7.00. The number of esters is 1. The van der Waals surface area contributed by atoms with Crippen molar-refractivity contribution in [1.29, 1.82) is 0 Å². The lowest BCUT2D eigenvalue weighted by Crippen LogP contribution is -2.05. The third-order valence-electron chi connectivity index (χ3n) is 3.00. The molecule has 6 heteroatoms. The van der Waals surface area contributed by atoms with Gasteiger partial charge in [-0.1, -0.05) is 30.3 Å². The van der Waals surface area contributed by atoms with Gasteiger partial charge in [0.15, 0.2) is 0 Å². The van der Waals surface area contributed by atoms with Gasteiger partial charge >= 0.3 is 5.97 Å². The van der Waals surface area contributed by atoms with Crippen molar-refractivity contribution in [2.45, 2.75) is 0 Å². The third kappa shape index (κ3) is 3.40. The summed E-state index contributed by atoms with van der Waals surface area (Å²) < 4.78 is 5.35. The van der Waals surface area contributed by atoms with E-state index in [1.807, 2.05) is 18.2 Å². The summed E-state index contributed by atoms with van der Waals surface area (Å²) in [5, 5.41) is 10.7. The van der Waals surface area contributed by atoms with Crippen LogP contribution < -0.4 is 0 Å². The molecule has 2 aromatic carbocycles. The molecule has 2 rings (SSSR count). The molecular formula is C16H12BrNO4. The lowest BCUT2D eigenvalue weighted by atomic mass is 10.0. The fourth-order valence-corrected chi connectivity index (χ4v) is 2.57. The van der Waals surface area contributed by atoms with E-state index in [1.54, 1.807) is 24.3 Å². The molecule has 0 radical (unpaired) electrons. The maximum Gasteiger partial charge on any atom is 0.339 e. The molecule has 0 atom stereocenters. The van der Waals surface area contributed by atoms with E-state index >= 15 is 0 Å². The molecule has 0 aliphatic carbocycles. The van der Waals surface area contributed by atoms with Crippen LogP contribution in [0.1, 0.15) is 11.1 Å². The molecule has 0 N–H and O–H groups in total. The topological polar surface area (TPSA) is 69.4 Å². The fourth-order valence-electron chi connectivity index (χ4n) is 1.91. The molecule has 0 unspecified atom stereocenters. The van der Waals surface area contributed by atoms with Crippen LogP contribution in [0.2, 0.25) is 0 Å². The molecule has 0 spiro atoms. The van der Waals surface area contributed by atoms with E-state index in [0.717, 1.165) is 0 Å². The van der Waals surface area contributed by atoms with Gasteiger partial charge in [-0.25, -0.2) is 4.79 Å². The second-order valence-electron chi connectivity index (χ2n) is 4.35. The van der Waals surface area contributed by atoms with Crippen LogP contribution >= 0.6 is 15.9 Å². The minimum atomic E-state index is -0.489. The Morgan fingerprint density at radius 1 is 1.05 bits per heavy atom. The maximum atomic E-state index is 12.1. The highest BCUT2D eigenvalue weighted by molar-refractivity contribution is 9.15. The molecular weight excluding hydrogens is 350 g/mol. The van der Waals surface area contributed by atoms with Crippen molar-refractivity contribution in [3.05, 3.63) is 75.8 Å². The predicted octanol–water partition coefficient (Wildman–Crippen LogP) is 4.03. The Morgan fingerprint density at radius 2 is 1.64 bits per heavy atom. The van der Waals surface area contributed by atoms with Crippen LogP contribution in [0.25, 0.3) is 10.1 Å². The zero-order valence-electron chi connectivity index (χ0n) is 11.7. The first-order valence-electron chi connectivity index (χ1n) is 6.33. The van der Waals surface area contributed by atoms with Gasteiger partial charge in [0.1, 0.15) is 0 Å². The summed E-state index contributed by atoms with van der Waals surface area (Å²) in [4.78, 5) is 22.3. The summed E-state index contributed by atoms with van der Waals surface area (Å²) in [6.45, 7) is 0. The SMILES string of the molecule is COC(=O)/C(=C(/Br)c1ccc([N+](=O)[O-])cc1)c1ccccc1. The monoisotopic (exact) mass is 361 g/mol. The lowest BCUT2D eigenvalue weighted by Gasteiger charge is -2.10. The Hall–Kier alpha value is -2.47. The van der Waals surface area contributed by atoms with Crippen LogP contribution in [0.4, 0.5) is 5.69 Å². The van der Waals surface area contributed by atoms with Gasteiger partial charge in [-0.3, -0.25) is 10.1 Å². The number of nitrogens with zero attached hydrogens (tertiary/aromatic N) is 1. The Morgan fingerprint density at radius 3 is 2.14 bits per heavy atom. The summed E-state index contributed by atoms with van der Waals surface area (Å²) in [5.41, 5.74) is 1.69. The Labute approximate surface area is 135 Å². The van der Waals surface area contributed by atoms with Crippen LogP contribution in [0.5, 0.6) is 0 Å². The first kappa shape index (κ1) is 15.9. The quantitative estimate of drug-likeness (QED) is 0.271. The molecule has 0 saturated carbocycles. The smallest absolute Gasteiger partial charge is 0.339 e. The van der Waals surface area contributed by atoms with Gasteiger partial charge in [-0.05, 0) is 39.2 Å². The van der Waals surface area contributed by atoms with Crippen molar-refractivity contribution in [1.82, 2.24) is 0 Å². The second-order valence-corrected chi connectivity index (χ2v) is 5.14. The van der Waals surface area contributed by atoms with Crippen molar-refractivity contribution < 1.29 is 14.5 Å². The molecule has 0 aromatic heterocycles. The van der Waals surface area contributed by atoms with Crippen LogP contribution in [0, 0.1) is 10.1 Å². The number of hydrogen-bond acceptors (Lipinski definition) is 4. The summed E-state index contributed by atoms with van der Waals surface area (Å²) in [7, 11) is 1.31.